The summed E-state index contributed by atoms with van der Waals surface area (Å²) in [7, 11) is 1.47. The molecule has 0 aliphatic rings. The minimum Gasteiger partial charge on any atom is -0.341 e. The molecule has 5 nitrogen and oxygen atoms in total. The number of amides is 3. The first-order valence-corrected chi connectivity index (χ1v) is 7.46. The van der Waals surface area contributed by atoms with E-state index in [0.29, 0.717) is 0 Å². The molecule has 1 atom stereocenters. The predicted octanol–water partition coefficient (Wildman–Crippen LogP) is 2.13. The third-order valence-electron chi connectivity index (χ3n) is 3.49. The van der Waals surface area contributed by atoms with Gasteiger partial charge in [0, 0.05) is 7.05 Å². The van der Waals surface area contributed by atoms with Gasteiger partial charge in [-0.15, -0.1) is 0 Å². The highest BCUT2D eigenvalue weighted by Crippen LogP contribution is 2.22. The standard InChI is InChI=1S/C18H21N3O2/c1-13-8-10-15(11-9-13)17(14-6-4-3-5-7-14)20-12-16(22)21-18(23)19-2/h3-11,17,20H,12H2,1-2H3,(H2,19,21,22,23)/t17-/m0/s1. The van der Waals surface area contributed by atoms with Crippen molar-refractivity contribution >= 4 is 11.9 Å². The maximum atomic E-state index is 11.8. The fraction of sp³-hybridized carbons (Fsp3) is 0.222. The van der Waals surface area contributed by atoms with Gasteiger partial charge in [0.25, 0.3) is 0 Å². The fourth-order valence-corrected chi connectivity index (χ4v) is 2.26. The maximum Gasteiger partial charge on any atom is 0.321 e. The van der Waals surface area contributed by atoms with E-state index in [4.69, 9.17) is 0 Å². The zero-order valence-electron chi connectivity index (χ0n) is 13.3. The van der Waals surface area contributed by atoms with Gasteiger partial charge < -0.3 is 5.32 Å². The predicted molar refractivity (Wildman–Crippen MR) is 90.1 cm³/mol. The molecule has 0 fully saturated rings. The number of nitrogens with one attached hydrogen (secondary N) is 3. The molecule has 0 saturated carbocycles. The Bertz CT molecular complexity index is 654. The van der Waals surface area contributed by atoms with Gasteiger partial charge in [-0.05, 0) is 18.1 Å². The molecule has 3 amide bonds. The number of hydrogen-bond donors (Lipinski definition) is 3. The van der Waals surface area contributed by atoms with Gasteiger partial charge in [0.2, 0.25) is 5.91 Å². The number of aryl methyl sites for hydroxylation is 1. The molecule has 23 heavy (non-hydrogen) atoms. The van der Waals surface area contributed by atoms with E-state index in [1.54, 1.807) is 0 Å². The largest absolute Gasteiger partial charge is 0.341 e. The molecule has 0 heterocycles. The van der Waals surface area contributed by atoms with E-state index in [9.17, 15) is 9.59 Å². The van der Waals surface area contributed by atoms with E-state index in [0.717, 1.165) is 11.1 Å². The first kappa shape index (κ1) is 16.7. The minimum atomic E-state index is -0.511. The van der Waals surface area contributed by atoms with E-state index >= 15 is 0 Å². The first-order chi connectivity index (χ1) is 11.1. The van der Waals surface area contributed by atoms with Crippen molar-refractivity contribution in [2.45, 2.75) is 13.0 Å². The van der Waals surface area contributed by atoms with Gasteiger partial charge in [0.15, 0.2) is 0 Å². The second kappa shape index (κ2) is 8.10. The van der Waals surface area contributed by atoms with E-state index in [2.05, 4.69) is 16.0 Å². The summed E-state index contributed by atoms with van der Waals surface area (Å²) in [5.74, 6) is -0.377. The Balaban J connectivity index is 2.13. The van der Waals surface area contributed by atoms with Crippen LogP contribution < -0.4 is 16.0 Å². The van der Waals surface area contributed by atoms with Crippen LogP contribution in [0.25, 0.3) is 0 Å². The lowest BCUT2D eigenvalue weighted by Gasteiger charge is -2.20. The van der Waals surface area contributed by atoms with E-state index in [1.165, 1.54) is 12.6 Å². The molecule has 2 aromatic rings. The van der Waals surface area contributed by atoms with E-state index in [-0.39, 0.29) is 18.5 Å². The highest BCUT2D eigenvalue weighted by atomic mass is 16.2. The van der Waals surface area contributed by atoms with Crippen LogP contribution in [-0.4, -0.2) is 25.5 Å². The molecule has 0 aromatic heterocycles. The number of hydrogen-bond acceptors (Lipinski definition) is 3. The zero-order chi connectivity index (χ0) is 16.7. The molecule has 0 saturated heterocycles. The number of carbonyl (C=O) groups is 2. The number of carbonyl (C=O) groups excluding carboxylic acids is 2. The third kappa shape index (κ3) is 4.93. The summed E-state index contributed by atoms with van der Waals surface area (Å²) in [6.45, 7) is 2.08. The monoisotopic (exact) mass is 311 g/mol. The molecule has 120 valence electrons. The summed E-state index contributed by atoms with van der Waals surface area (Å²) in [6.07, 6.45) is 0. The lowest BCUT2D eigenvalue weighted by Crippen LogP contribution is -2.42. The minimum absolute atomic E-state index is 0.0425. The van der Waals surface area contributed by atoms with Crippen LogP contribution in [-0.2, 0) is 4.79 Å². The molecule has 0 aliphatic carbocycles. The highest BCUT2D eigenvalue weighted by molar-refractivity contribution is 5.95. The molecular formula is C18H21N3O2. The lowest BCUT2D eigenvalue weighted by atomic mass is 9.98. The van der Waals surface area contributed by atoms with Gasteiger partial charge >= 0.3 is 6.03 Å². The maximum absolute atomic E-state index is 11.8. The van der Waals surface area contributed by atoms with Crippen LogP contribution in [0.4, 0.5) is 4.79 Å². The van der Waals surface area contributed by atoms with Gasteiger partial charge in [0.1, 0.15) is 0 Å². The van der Waals surface area contributed by atoms with Gasteiger partial charge in [-0.3, -0.25) is 15.4 Å². The highest BCUT2D eigenvalue weighted by Gasteiger charge is 2.15. The smallest absolute Gasteiger partial charge is 0.321 e. The Morgan fingerprint density at radius 3 is 2.17 bits per heavy atom. The second-order valence-electron chi connectivity index (χ2n) is 5.26. The van der Waals surface area contributed by atoms with E-state index < -0.39 is 6.03 Å². The lowest BCUT2D eigenvalue weighted by molar-refractivity contribution is -0.119. The van der Waals surface area contributed by atoms with Crippen molar-refractivity contribution in [3.8, 4) is 0 Å². The van der Waals surface area contributed by atoms with E-state index in [1.807, 2.05) is 61.5 Å². The Morgan fingerprint density at radius 1 is 0.957 bits per heavy atom. The SMILES string of the molecule is CNC(=O)NC(=O)CN[C@@H](c1ccccc1)c1ccc(C)cc1. The molecule has 0 radical (unpaired) electrons. The van der Waals surface area contributed by atoms with Crippen LogP contribution in [0.3, 0.4) is 0 Å². The molecule has 0 aliphatic heterocycles. The number of benzene rings is 2. The van der Waals surface area contributed by atoms with Crippen molar-refractivity contribution in [2.75, 3.05) is 13.6 Å². The Kier molecular flexibility index (Phi) is 5.88. The summed E-state index contributed by atoms with van der Waals surface area (Å²) in [4.78, 5) is 23.0. The number of imide groups is 1. The summed E-state index contributed by atoms with van der Waals surface area (Å²) in [5.41, 5.74) is 3.30. The molecule has 0 spiro atoms. The van der Waals surface area contributed by atoms with Crippen LogP contribution in [0, 0.1) is 6.92 Å². The summed E-state index contributed by atoms with van der Waals surface area (Å²) in [5, 5.41) is 7.81. The Hall–Kier alpha value is -2.66. The summed E-state index contributed by atoms with van der Waals surface area (Å²) in [6, 6.07) is 17.4. The number of rotatable bonds is 5. The molecule has 2 rings (SSSR count). The van der Waals surface area contributed by atoms with Crippen LogP contribution in [0.1, 0.15) is 22.7 Å². The molecule has 3 N–H and O–H groups in total. The van der Waals surface area contributed by atoms with Gasteiger partial charge in [-0.1, -0.05) is 60.2 Å². The van der Waals surface area contributed by atoms with Crippen molar-refractivity contribution in [2.24, 2.45) is 0 Å². The topological polar surface area (TPSA) is 70.2 Å². The average Bonchev–Trinajstić information content (AvgIpc) is 2.57. The normalized spacial score (nSPS) is 11.6. The van der Waals surface area contributed by atoms with Crippen molar-refractivity contribution in [3.63, 3.8) is 0 Å². The van der Waals surface area contributed by atoms with Gasteiger partial charge in [-0.2, -0.15) is 0 Å². The number of urea groups is 1. The van der Waals surface area contributed by atoms with Gasteiger partial charge in [0.05, 0.1) is 12.6 Å². The van der Waals surface area contributed by atoms with Crippen LogP contribution >= 0.6 is 0 Å². The van der Waals surface area contributed by atoms with Crippen molar-refractivity contribution < 1.29 is 9.59 Å². The van der Waals surface area contributed by atoms with Crippen LogP contribution in [0.5, 0.6) is 0 Å². The molecule has 0 unspecified atom stereocenters. The second-order valence-corrected chi connectivity index (χ2v) is 5.26. The fourth-order valence-electron chi connectivity index (χ4n) is 2.26. The van der Waals surface area contributed by atoms with Crippen molar-refractivity contribution in [1.29, 1.82) is 0 Å². The van der Waals surface area contributed by atoms with Crippen molar-refractivity contribution in [3.05, 3.63) is 71.3 Å². The summed E-state index contributed by atoms with van der Waals surface area (Å²) < 4.78 is 0. The molecule has 2 aromatic carbocycles. The van der Waals surface area contributed by atoms with Gasteiger partial charge in [-0.25, -0.2) is 4.79 Å². The molecule has 0 bridgehead atoms. The molecular weight excluding hydrogens is 290 g/mol. The summed E-state index contributed by atoms with van der Waals surface area (Å²) >= 11 is 0. The molecule has 5 heteroatoms. The quantitative estimate of drug-likeness (QED) is 0.792. The van der Waals surface area contributed by atoms with Crippen molar-refractivity contribution in [1.82, 2.24) is 16.0 Å². The zero-order valence-corrected chi connectivity index (χ0v) is 13.3. The van der Waals surface area contributed by atoms with Crippen LogP contribution in [0.15, 0.2) is 54.6 Å². The Morgan fingerprint density at radius 2 is 1.57 bits per heavy atom. The van der Waals surface area contributed by atoms with Crippen LogP contribution in [0.2, 0.25) is 0 Å². The first-order valence-electron chi connectivity index (χ1n) is 7.46. The Labute approximate surface area is 136 Å². The average molecular weight is 311 g/mol. The third-order valence-corrected chi connectivity index (χ3v) is 3.49.